The van der Waals surface area contributed by atoms with Gasteiger partial charge in [-0.25, -0.2) is 4.39 Å². The molecule has 1 heterocycles. The molecule has 0 fully saturated rings. The maximum absolute atomic E-state index is 12.9. The fraction of sp³-hybridized carbons (Fsp3) is 0.267. The van der Waals surface area contributed by atoms with Gasteiger partial charge in [0, 0.05) is 12.6 Å². The van der Waals surface area contributed by atoms with Crippen molar-refractivity contribution >= 4 is 18.3 Å². The molecule has 1 aromatic heterocycles. The zero-order chi connectivity index (χ0) is 15.9. The van der Waals surface area contributed by atoms with Crippen LogP contribution in [0.5, 0.6) is 0 Å². The van der Waals surface area contributed by atoms with Crippen molar-refractivity contribution in [3.05, 3.63) is 58.3 Å². The minimum absolute atomic E-state index is 0. The van der Waals surface area contributed by atoms with Gasteiger partial charge in [-0.3, -0.25) is 9.59 Å². The molecule has 0 bridgehead atoms. The molecule has 0 spiro atoms. The van der Waals surface area contributed by atoms with Crippen LogP contribution in [0.25, 0.3) is 5.69 Å². The van der Waals surface area contributed by atoms with Gasteiger partial charge in [0.25, 0.3) is 11.5 Å². The molecule has 124 valence electrons. The third-order valence-corrected chi connectivity index (χ3v) is 2.99. The highest BCUT2D eigenvalue weighted by molar-refractivity contribution is 5.92. The van der Waals surface area contributed by atoms with Crippen LogP contribution >= 0.6 is 12.4 Å². The van der Waals surface area contributed by atoms with Gasteiger partial charge in [0.05, 0.1) is 5.69 Å². The summed E-state index contributed by atoms with van der Waals surface area (Å²) in [5, 5.41) is 9.73. The van der Waals surface area contributed by atoms with E-state index in [0.717, 1.165) is 17.6 Å². The Bertz CT molecular complexity index is 703. The Morgan fingerprint density at radius 1 is 1.17 bits per heavy atom. The summed E-state index contributed by atoms with van der Waals surface area (Å²) in [7, 11) is 1.84. The summed E-state index contributed by atoms with van der Waals surface area (Å²) < 4.78 is 14.0. The molecular formula is C15H18ClFN4O2. The molecule has 0 saturated carbocycles. The van der Waals surface area contributed by atoms with E-state index in [4.69, 9.17) is 0 Å². The van der Waals surface area contributed by atoms with Crippen LogP contribution in [0.1, 0.15) is 16.9 Å². The summed E-state index contributed by atoms with van der Waals surface area (Å²) in [5.41, 5.74) is 0.142. The highest BCUT2D eigenvalue weighted by atomic mass is 35.5. The van der Waals surface area contributed by atoms with Gasteiger partial charge in [-0.1, -0.05) is 0 Å². The topological polar surface area (TPSA) is 76.0 Å². The summed E-state index contributed by atoms with van der Waals surface area (Å²) in [4.78, 5) is 23.8. The zero-order valence-electron chi connectivity index (χ0n) is 12.6. The minimum Gasteiger partial charge on any atom is -0.351 e. The number of hydrogen-bond acceptors (Lipinski definition) is 4. The first-order valence-corrected chi connectivity index (χ1v) is 6.91. The first kappa shape index (κ1) is 18.8. The maximum atomic E-state index is 12.9. The van der Waals surface area contributed by atoms with Crippen LogP contribution < -0.4 is 16.2 Å². The third kappa shape index (κ3) is 5.15. The molecule has 23 heavy (non-hydrogen) atoms. The molecule has 6 nitrogen and oxygen atoms in total. The average molecular weight is 341 g/mol. The second-order valence-corrected chi connectivity index (χ2v) is 4.66. The zero-order valence-corrected chi connectivity index (χ0v) is 13.4. The van der Waals surface area contributed by atoms with Gasteiger partial charge in [-0.15, -0.1) is 12.4 Å². The number of rotatable bonds is 6. The highest BCUT2D eigenvalue weighted by Gasteiger charge is 2.10. The van der Waals surface area contributed by atoms with Crippen molar-refractivity contribution in [2.24, 2.45) is 0 Å². The number of nitrogens with zero attached hydrogens (tertiary/aromatic N) is 2. The minimum atomic E-state index is -0.407. The van der Waals surface area contributed by atoms with E-state index in [9.17, 15) is 14.0 Å². The fourth-order valence-corrected chi connectivity index (χ4v) is 1.86. The van der Waals surface area contributed by atoms with E-state index in [1.807, 2.05) is 7.05 Å². The molecule has 2 rings (SSSR count). The second kappa shape index (κ2) is 9.02. The monoisotopic (exact) mass is 340 g/mol. The van der Waals surface area contributed by atoms with E-state index in [2.05, 4.69) is 15.7 Å². The lowest BCUT2D eigenvalue weighted by Gasteiger charge is -2.08. The summed E-state index contributed by atoms with van der Waals surface area (Å²) in [5.74, 6) is -0.762. The number of benzene rings is 1. The molecule has 2 N–H and O–H groups in total. The molecule has 1 aromatic carbocycles. The molecular weight excluding hydrogens is 323 g/mol. The molecule has 8 heteroatoms. The van der Waals surface area contributed by atoms with E-state index in [1.165, 1.54) is 36.4 Å². The Balaban J connectivity index is 0.00000264. The van der Waals surface area contributed by atoms with Gasteiger partial charge in [-0.05, 0) is 50.3 Å². The molecule has 0 saturated heterocycles. The lowest BCUT2D eigenvalue weighted by atomic mass is 10.3. The SMILES string of the molecule is CNCCCNC(=O)c1ccc(=O)n(-c2ccc(F)cc2)n1.Cl. The summed E-state index contributed by atoms with van der Waals surface area (Å²) in [6.07, 6.45) is 0.792. The van der Waals surface area contributed by atoms with Crippen molar-refractivity contribution in [1.29, 1.82) is 0 Å². The molecule has 0 radical (unpaired) electrons. The smallest absolute Gasteiger partial charge is 0.271 e. The van der Waals surface area contributed by atoms with Gasteiger partial charge in [0.1, 0.15) is 11.5 Å². The van der Waals surface area contributed by atoms with Gasteiger partial charge in [0.15, 0.2) is 0 Å². The van der Waals surface area contributed by atoms with Crippen molar-refractivity contribution in [2.45, 2.75) is 6.42 Å². The molecule has 0 atom stereocenters. The van der Waals surface area contributed by atoms with E-state index < -0.39 is 11.4 Å². The van der Waals surface area contributed by atoms with Crippen molar-refractivity contribution < 1.29 is 9.18 Å². The van der Waals surface area contributed by atoms with E-state index >= 15 is 0 Å². The van der Waals surface area contributed by atoms with Crippen LogP contribution in [0, 0.1) is 5.82 Å². The Hall–Kier alpha value is -2.25. The standard InChI is InChI=1S/C15H17FN4O2.ClH/c1-17-9-2-10-18-15(22)13-7-8-14(21)20(19-13)12-5-3-11(16)4-6-12;/h3-8,17H,2,9-10H2,1H3,(H,18,22);1H. The van der Waals surface area contributed by atoms with Gasteiger partial charge in [0.2, 0.25) is 0 Å². The predicted octanol–water partition coefficient (Wildman–Crippen LogP) is 1.13. The number of nitrogens with one attached hydrogen (secondary N) is 2. The number of aromatic nitrogens is 2. The quantitative estimate of drug-likeness (QED) is 0.773. The Kier molecular flexibility index (Phi) is 7.37. The molecule has 0 aliphatic heterocycles. The van der Waals surface area contributed by atoms with Crippen LogP contribution in [0.15, 0.2) is 41.2 Å². The van der Waals surface area contributed by atoms with Crippen molar-refractivity contribution in [1.82, 2.24) is 20.4 Å². The van der Waals surface area contributed by atoms with Crippen LogP contribution in [-0.4, -0.2) is 35.8 Å². The van der Waals surface area contributed by atoms with Crippen molar-refractivity contribution in [3.8, 4) is 5.69 Å². The van der Waals surface area contributed by atoms with Crippen LogP contribution in [0.3, 0.4) is 0 Å². The number of carbonyl (C=O) groups excluding carboxylic acids is 1. The molecule has 1 amide bonds. The first-order valence-electron chi connectivity index (χ1n) is 6.91. The van der Waals surface area contributed by atoms with Crippen LogP contribution in [0.4, 0.5) is 4.39 Å². The summed E-state index contributed by atoms with van der Waals surface area (Å²) in [6.45, 7) is 1.31. The van der Waals surface area contributed by atoms with Gasteiger partial charge < -0.3 is 10.6 Å². The number of hydrogen-bond donors (Lipinski definition) is 2. The Morgan fingerprint density at radius 3 is 2.52 bits per heavy atom. The Labute approximate surface area is 139 Å². The largest absolute Gasteiger partial charge is 0.351 e. The summed E-state index contributed by atoms with van der Waals surface area (Å²) >= 11 is 0. The summed E-state index contributed by atoms with van der Waals surface area (Å²) in [6, 6.07) is 7.95. The normalized spacial score (nSPS) is 10.0. The van der Waals surface area contributed by atoms with E-state index in [-0.39, 0.29) is 24.0 Å². The molecule has 0 aliphatic rings. The van der Waals surface area contributed by atoms with Crippen molar-refractivity contribution in [3.63, 3.8) is 0 Å². The van der Waals surface area contributed by atoms with Gasteiger partial charge in [-0.2, -0.15) is 9.78 Å². The predicted molar refractivity (Wildman–Crippen MR) is 87.9 cm³/mol. The molecule has 0 aliphatic carbocycles. The van der Waals surface area contributed by atoms with E-state index in [1.54, 1.807) is 0 Å². The fourth-order valence-electron chi connectivity index (χ4n) is 1.86. The van der Waals surface area contributed by atoms with Crippen LogP contribution in [-0.2, 0) is 0 Å². The third-order valence-electron chi connectivity index (χ3n) is 2.99. The number of halogens is 2. The molecule has 0 unspecified atom stereocenters. The highest BCUT2D eigenvalue weighted by Crippen LogP contribution is 2.05. The second-order valence-electron chi connectivity index (χ2n) is 4.66. The Morgan fingerprint density at radius 2 is 1.87 bits per heavy atom. The maximum Gasteiger partial charge on any atom is 0.271 e. The average Bonchev–Trinajstić information content (AvgIpc) is 2.53. The number of carbonyl (C=O) groups is 1. The molecule has 2 aromatic rings. The van der Waals surface area contributed by atoms with Gasteiger partial charge >= 0.3 is 0 Å². The van der Waals surface area contributed by atoms with Crippen LogP contribution in [0.2, 0.25) is 0 Å². The number of amides is 1. The first-order chi connectivity index (χ1) is 10.6. The van der Waals surface area contributed by atoms with E-state index in [0.29, 0.717) is 12.2 Å². The lowest BCUT2D eigenvalue weighted by Crippen LogP contribution is -2.30. The van der Waals surface area contributed by atoms with Crippen molar-refractivity contribution in [2.75, 3.05) is 20.1 Å². The lowest BCUT2D eigenvalue weighted by molar-refractivity contribution is 0.0946.